The smallest absolute Gasteiger partial charge is 0.135 e. The molecule has 4 heteroatoms. The van der Waals surface area contributed by atoms with Crippen LogP contribution in [-0.4, -0.2) is 10.3 Å². The lowest BCUT2D eigenvalue weighted by molar-refractivity contribution is 0.615. The summed E-state index contributed by atoms with van der Waals surface area (Å²) in [7, 11) is 0. The fourth-order valence-corrected chi connectivity index (χ4v) is 12.3. The summed E-state index contributed by atoms with van der Waals surface area (Å²) in [4.78, 5) is 6.14. The van der Waals surface area contributed by atoms with Crippen molar-refractivity contribution in [3.63, 3.8) is 0 Å². The molecular formula is C58H40N2OS. The van der Waals surface area contributed by atoms with Crippen molar-refractivity contribution in [1.82, 2.24) is 4.57 Å². The van der Waals surface area contributed by atoms with Gasteiger partial charge in [0.25, 0.3) is 0 Å². The first-order valence-electron chi connectivity index (χ1n) is 22.1. The van der Waals surface area contributed by atoms with Crippen LogP contribution in [0.2, 0.25) is 0 Å². The Hall–Kier alpha value is -7.01. The molecule has 5 heterocycles. The lowest BCUT2D eigenvalue weighted by Gasteiger charge is -2.27. The molecule has 0 radical (unpaired) electrons. The highest BCUT2D eigenvalue weighted by Gasteiger charge is 2.31. The quantitative estimate of drug-likeness (QED) is 0.171. The molecule has 11 aromatic rings. The molecule has 8 aromatic carbocycles. The zero-order valence-corrected chi connectivity index (χ0v) is 34.9. The van der Waals surface area contributed by atoms with E-state index in [0.717, 1.165) is 66.2 Å². The van der Waals surface area contributed by atoms with Crippen molar-refractivity contribution in [2.45, 2.75) is 44.6 Å². The topological polar surface area (TPSA) is 30.4 Å². The molecule has 3 aromatic heterocycles. The molecule has 0 saturated heterocycles. The number of nitrogens with zero attached hydrogens (tertiary/aromatic N) is 2. The van der Waals surface area contributed by atoms with Gasteiger partial charge in [0.05, 0.1) is 28.5 Å². The molecule has 2 bridgehead atoms. The Labute approximate surface area is 362 Å². The summed E-state index contributed by atoms with van der Waals surface area (Å²) in [6.07, 6.45) is 10.7. The van der Waals surface area contributed by atoms with Gasteiger partial charge in [0.15, 0.2) is 0 Å². The van der Waals surface area contributed by atoms with Crippen molar-refractivity contribution in [3.05, 3.63) is 197 Å². The second-order valence-electron chi connectivity index (χ2n) is 17.5. The largest absolute Gasteiger partial charge is 0.456 e. The van der Waals surface area contributed by atoms with Gasteiger partial charge in [0.2, 0.25) is 0 Å². The number of aromatic nitrogens is 1. The van der Waals surface area contributed by atoms with Gasteiger partial charge < -0.3 is 8.98 Å². The first kappa shape index (κ1) is 34.7. The number of allylic oxidation sites excluding steroid dienone is 3. The summed E-state index contributed by atoms with van der Waals surface area (Å²) in [6.45, 7) is 0. The Morgan fingerprint density at radius 2 is 1.42 bits per heavy atom. The molecule has 14 rings (SSSR count). The zero-order valence-electron chi connectivity index (χ0n) is 34.1. The second-order valence-corrected chi connectivity index (χ2v) is 18.6. The van der Waals surface area contributed by atoms with Crippen LogP contribution in [0.5, 0.6) is 0 Å². The summed E-state index contributed by atoms with van der Waals surface area (Å²) >= 11 is 1.89. The lowest BCUT2D eigenvalue weighted by atomic mass is 9.81. The maximum atomic E-state index is 6.52. The van der Waals surface area contributed by atoms with Crippen LogP contribution < -0.4 is 0 Å². The van der Waals surface area contributed by atoms with Crippen molar-refractivity contribution in [2.75, 3.05) is 0 Å². The third-order valence-electron chi connectivity index (χ3n) is 14.1. The predicted octanol–water partition coefficient (Wildman–Crippen LogP) is 15.9. The molecule has 0 amide bonds. The maximum Gasteiger partial charge on any atom is 0.135 e. The maximum absolute atomic E-state index is 6.52. The molecule has 2 aliphatic heterocycles. The Balaban J connectivity index is 1.14. The molecule has 0 N–H and O–H groups in total. The zero-order chi connectivity index (χ0) is 40.5. The van der Waals surface area contributed by atoms with Crippen molar-refractivity contribution in [2.24, 2.45) is 4.99 Å². The molecule has 294 valence electrons. The molecule has 0 spiro atoms. The Kier molecular flexibility index (Phi) is 7.41. The molecular weight excluding hydrogens is 773 g/mol. The highest BCUT2D eigenvalue weighted by atomic mass is 32.1. The van der Waals surface area contributed by atoms with E-state index in [1.807, 2.05) is 11.3 Å². The van der Waals surface area contributed by atoms with Crippen LogP contribution in [0, 0.1) is 0 Å². The van der Waals surface area contributed by atoms with Gasteiger partial charge in [-0.3, -0.25) is 4.99 Å². The third kappa shape index (κ3) is 5.08. The van der Waals surface area contributed by atoms with E-state index in [2.05, 4.69) is 168 Å². The Morgan fingerprint density at radius 3 is 2.37 bits per heavy atom. The van der Waals surface area contributed by atoms with E-state index in [9.17, 15) is 0 Å². The van der Waals surface area contributed by atoms with Crippen LogP contribution in [0.1, 0.15) is 65.1 Å². The normalized spacial score (nSPS) is 17.6. The van der Waals surface area contributed by atoms with Gasteiger partial charge in [-0.2, -0.15) is 0 Å². The van der Waals surface area contributed by atoms with Crippen molar-refractivity contribution < 1.29 is 4.42 Å². The highest BCUT2D eigenvalue weighted by Crippen LogP contribution is 2.47. The van der Waals surface area contributed by atoms with Gasteiger partial charge in [-0.05, 0) is 137 Å². The number of hydrogen-bond acceptors (Lipinski definition) is 3. The third-order valence-corrected chi connectivity index (χ3v) is 15.2. The fraction of sp³-hybridized carbons (Fsp3) is 0.121. The van der Waals surface area contributed by atoms with Gasteiger partial charge >= 0.3 is 0 Å². The van der Waals surface area contributed by atoms with Crippen molar-refractivity contribution >= 4 is 103 Å². The summed E-state index contributed by atoms with van der Waals surface area (Å²) in [5, 5.41) is 9.98. The first-order valence-corrected chi connectivity index (χ1v) is 22.9. The van der Waals surface area contributed by atoms with E-state index in [4.69, 9.17) is 9.41 Å². The number of thiophene rings is 1. The van der Waals surface area contributed by atoms with E-state index >= 15 is 0 Å². The summed E-state index contributed by atoms with van der Waals surface area (Å²) in [5.41, 5.74) is 17.3. The molecule has 3 nitrogen and oxygen atoms in total. The number of para-hydroxylation sites is 1. The van der Waals surface area contributed by atoms with E-state index in [1.165, 1.54) is 103 Å². The monoisotopic (exact) mass is 812 g/mol. The molecule has 0 saturated carbocycles. The fourth-order valence-electron chi connectivity index (χ4n) is 11.2. The van der Waals surface area contributed by atoms with Crippen LogP contribution >= 0.6 is 11.3 Å². The van der Waals surface area contributed by atoms with Gasteiger partial charge in [0.1, 0.15) is 11.2 Å². The van der Waals surface area contributed by atoms with E-state index in [0.29, 0.717) is 0 Å². The second kappa shape index (κ2) is 13.2. The summed E-state index contributed by atoms with van der Waals surface area (Å²) in [5.74, 6) is 0. The Morgan fingerprint density at radius 1 is 0.597 bits per heavy atom. The van der Waals surface area contributed by atoms with Crippen LogP contribution in [0.3, 0.4) is 0 Å². The minimum absolute atomic E-state index is 0.0549. The standard InChI is InChI=1S/C58H40N2OS/c1-2-13-37-32-51-47(31-36(37)12-1)42-25-23-34-29-48-41(40-18-9-14-35-11-3-4-15-39(35)40)19-10-20-49(38-24-26-44-43-16-5-7-21-52(43)61-53(44)33-38)59-57(48)46-27-28-55-56(58(46)60(51)50(42)30-34)45-17-6-8-22-54(45)62-55/h1-2,4-9,12-18,21-28,30-33,49H,3,10-11,19-20,29H2/b48-41+,59-57?. The molecule has 62 heavy (non-hydrogen) atoms. The Bertz CT molecular complexity index is 3830. The summed E-state index contributed by atoms with van der Waals surface area (Å²) in [6, 6.07) is 56.9. The number of aryl methyl sites for hydroxylation is 1. The van der Waals surface area contributed by atoms with Crippen LogP contribution in [0.25, 0.3) is 92.0 Å². The number of hydrogen-bond donors (Lipinski definition) is 0. The minimum Gasteiger partial charge on any atom is -0.456 e. The SMILES string of the molecule is C1=Cc2c(cccc2/C2=C3\Cc4ccc5c6cc7ccccc7cc6n(c5c4)-c4c(ccc5sc6ccccc6c45)C3=NC(c3ccc4c(c3)oc3ccccc34)CCC2)CC1. The van der Waals surface area contributed by atoms with Crippen LogP contribution in [0.15, 0.2) is 173 Å². The number of benzene rings is 8. The predicted molar refractivity (Wildman–Crippen MR) is 262 cm³/mol. The highest BCUT2D eigenvalue weighted by molar-refractivity contribution is 7.25. The van der Waals surface area contributed by atoms with Crippen molar-refractivity contribution in [1.29, 1.82) is 0 Å². The molecule has 1 unspecified atom stereocenters. The van der Waals surface area contributed by atoms with Crippen LogP contribution in [0.4, 0.5) is 0 Å². The van der Waals surface area contributed by atoms with E-state index in [1.54, 1.807) is 0 Å². The van der Waals surface area contributed by atoms with Gasteiger partial charge in [-0.25, -0.2) is 0 Å². The first-order chi connectivity index (χ1) is 30.7. The molecule has 1 atom stereocenters. The van der Waals surface area contributed by atoms with E-state index < -0.39 is 0 Å². The molecule has 1 aliphatic carbocycles. The average molecular weight is 813 g/mol. The number of furan rings is 1. The minimum atomic E-state index is -0.0549. The van der Waals surface area contributed by atoms with Gasteiger partial charge in [-0.15, -0.1) is 11.3 Å². The number of rotatable bonds is 2. The van der Waals surface area contributed by atoms with Gasteiger partial charge in [-0.1, -0.05) is 115 Å². The van der Waals surface area contributed by atoms with Crippen LogP contribution in [-0.2, 0) is 12.8 Å². The molecule has 3 aliphatic rings. The van der Waals surface area contributed by atoms with Gasteiger partial charge in [0, 0.05) is 47.3 Å². The molecule has 0 fully saturated rings. The van der Waals surface area contributed by atoms with E-state index in [-0.39, 0.29) is 6.04 Å². The number of fused-ring (bicyclic) bond motifs is 17. The summed E-state index contributed by atoms with van der Waals surface area (Å²) < 4.78 is 11.7. The number of aliphatic imine (C=N–C) groups is 1. The van der Waals surface area contributed by atoms with Crippen molar-refractivity contribution in [3.8, 4) is 5.69 Å². The lowest BCUT2D eigenvalue weighted by Crippen LogP contribution is -2.17. The average Bonchev–Trinajstić information content (AvgIpc) is 3.98.